The first kappa shape index (κ1) is 17.8. The van der Waals surface area contributed by atoms with E-state index in [1.165, 1.54) is 0 Å². The van der Waals surface area contributed by atoms with Gasteiger partial charge in [0, 0.05) is 34.3 Å². The Balaban J connectivity index is 1.69. The normalized spacial score (nSPS) is 15.3. The van der Waals surface area contributed by atoms with E-state index in [9.17, 15) is 9.59 Å². The second kappa shape index (κ2) is 7.46. The number of nitrogens with zero attached hydrogens (tertiary/aromatic N) is 1. The van der Waals surface area contributed by atoms with Crippen LogP contribution in [0.3, 0.4) is 0 Å². The van der Waals surface area contributed by atoms with E-state index in [4.69, 9.17) is 23.2 Å². The number of benzene rings is 2. The lowest BCUT2D eigenvalue weighted by Gasteiger charge is -2.18. The number of hydrogen-bond donors (Lipinski definition) is 1. The maximum atomic E-state index is 12.4. The van der Waals surface area contributed by atoms with Gasteiger partial charge < -0.3 is 10.2 Å². The number of carbonyl (C=O) groups is 2. The van der Waals surface area contributed by atoms with E-state index in [1.54, 1.807) is 47.4 Å². The molecule has 2 aromatic rings. The number of amides is 2. The van der Waals surface area contributed by atoms with Crippen LogP contribution in [0.2, 0.25) is 10.0 Å². The van der Waals surface area contributed by atoms with E-state index in [2.05, 4.69) is 5.32 Å². The maximum Gasteiger partial charge on any atom is 0.251 e. The minimum Gasteiger partial charge on any atom is -0.345 e. The summed E-state index contributed by atoms with van der Waals surface area (Å²) in [5.41, 5.74) is 2.17. The average Bonchev–Trinajstić information content (AvgIpc) is 3.00. The zero-order valence-electron chi connectivity index (χ0n) is 13.8. The van der Waals surface area contributed by atoms with Crippen LogP contribution in [0, 0.1) is 0 Å². The molecule has 1 saturated heterocycles. The van der Waals surface area contributed by atoms with E-state index >= 15 is 0 Å². The fraction of sp³-hybridized carbons (Fsp3) is 0.263. The molecule has 1 atom stereocenters. The maximum absolute atomic E-state index is 12.4. The molecule has 0 aromatic heterocycles. The van der Waals surface area contributed by atoms with Gasteiger partial charge in [-0.3, -0.25) is 9.59 Å². The molecule has 1 heterocycles. The Hall–Kier alpha value is -2.04. The van der Waals surface area contributed by atoms with Gasteiger partial charge in [-0.15, -0.1) is 0 Å². The van der Waals surface area contributed by atoms with Crippen molar-refractivity contribution in [2.45, 2.75) is 25.8 Å². The molecule has 0 saturated carbocycles. The molecule has 2 aromatic carbocycles. The topological polar surface area (TPSA) is 49.4 Å². The van der Waals surface area contributed by atoms with E-state index in [0.717, 1.165) is 24.2 Å². The van der Waals surface area contributed by atoms with Gasteiger partial charge in [0.25, 0.3) is 5.91 Å². The van der Waals surface area contributed by atoms with Gasteiger partial charge in [0.1, 0.15) is 0 Å². The van der Waals surface area contributed by atoms with E-state index < -0.39 is 0 Å². The third kappa shape index (κ3) is 3.97. The largest absolute Gasteiger partial charge is 0.345 e. The summed E-state index contributed by atoms with van der Waals surface area (Å²) in [7, 11) is 0. The van der Waals surface area contributed by atoms with Crippen molar-refractivity contribution >= 4 is 40.7 Å². The van der Waals surface area contributed by atoms with Crippen LogP contribution < -0.4 is 10.2 Å². The molecule has 1 aliphatic rings. The van der Waals surface area contributed by atoms with Gasteiger partial charge in [-0.25, -0.2) is 0 Å². The predicted octanol–water partition coefficient (Wildman–Crippen LogP) is 4.61. The molecular formula is C19H18Cl2N2O2. The van der Waals surface area contributed by atoms with Crippen LogP contribution in [0.15, 0.2) is 42.5 Å². The van der Waals surface area contributed by atoms with Gasteiger partial charge in [-0.2, -0.15) is 0 Å². The summed E-state index contributed by atoms with van der Waals surface area (Å²) in [6.45, 7) is 2.60. The molecular weight excluding hydrogens is 359 g/mol. The fourth-order valence-electron chi connectivity index (χ4n) is 2.92. The molecule has 1 aliphatic heterocycles. The van der Waals surface area contributed by atoms with Crippen LogP contribution in [0.4, 0.5) is 5.69 Å². The second-order valence-electron chi connectivity index (χ2n) is 6.06. The number of halogens is 2. The van der Waals surface area contributed by atoms with Gasteiger partial charge >= 0.3 is 0 Å². The highest BCUT2D eigenvalue weighted by atomic mass is 35.5. The molecule has 3 rings (SSSR count). The predicted molar refractivity (Wildman–Crippen MR) is 100 cm³/mol. The van der Waals surface area contributed by atoms with Crippen LogP contribution in [-0.2, 0) is 4.79 Å². The molecule has 0 spiro atoms. The first-order valence-electron chi connectivity index (χ1n) is 8.12. The number of rotatable bonds is 4. The van der Waals surface area contributed by atoms with Gasteiger partial charge in [0.05, 0.1) is 6.04 Å². The molecule has 130 valence electrons. The first-order valence-corrected chi connectivity index (χ1v) is 8.87. The molecule has 4 nitrogen and oxygen atoms in total. The SMILES string of the molecule is C[C@H](NC(=O)c1ccc(N2CCCC2=O)cc1)c1ccc(Cl)cc1Cl. The highest BCUT2D eigenvalue weighted by Crippen LogP contribution is 2.26. The summed E-state index contributed by atoms with van der Waals surface area (Å²) in [6.07, 6.45) is 1.46. The molecule has 1 fully saturated rings. The molecule has 0 unspecified atom stereocenters. The van der Waals surface area contributed by atoms with Crippen LogP contribution in [0.25, 0.3) is 0 Å². The monoisotopic (exact) mass is 376 g/mol. The van der Waals surface area contributed by atoms with Crippen molar-refractivity contribution in [3.63, 3.8) is 0 Å². The summed E-state index contributed by atoms with van der Waals surface area (Å²) in [5.74, 6) is -0.0685. The van der Waals surface area contributed by atoms with E-state index in [-0.39, 0.29) is 17.9 Å². The van der Waals surface area contributed by atoms with Crippen LogP contribution in [-0.4, -0.2) is 18.4 Å². The van der Waals surface area contributed by atoms with Crippen molar-refractivity contribution < 1.29 is 9.59 Å². The first-order chi connectivity index (χ1) is 12.0. The molecule has 25 heavy (non-hydrogen) atoms. The average molecular weight is 377 g/mol. The van der Waals surface area contributed by atoms with Crippen LogP contribution >= 0.6 is 23.2 Å². The molecule has 2 amide bonds. The summed E-state index contributed by atoms with van der Waals surface area (Å²) < 4.78 is 0. The zero-order valence-corrected chi connectivity index (χ0v) is 15.3. The molecule has 0 radical (unpaired) electrons. The van der Waals surface area contributed by atoms with Crippen molar-refractivity contribution in [3.8, 4) is 0 Å². The van der Waals surface area contributed by atoms with Crippen molar-refractivity contribution in [2.75, 3.05) is 11.4 Å². The molecule has 6 heteroatoms. The highest BCUT2D eigenvalue weighted by Gasteiger charge is 2.22. The molecule has 0 aliphatic carbocycles. The quantitative estimate of drug-likeness (QED) is 0.846. The van der Waals surface area contributed by atoms with E-state index in [0.29, 0.717) is 22.0 Å². The molecule has 1 N–H and O–H groups in total. The Kier molecular flexibility index (Phi) is 5.30. The molecule has 0 bridgehead atoms. The van der Waals surface area contributed by atoms with Crippen molar-refractivity contribution in [1.29, 1.82) is 0 Å². The lowest BCUT2D eigenvalue weighted by Crippen LogP contribution is -2.27. The second-order valence-corrected chi connectivity index (χ2v) is 6.90. The van der Waals surface area contributed by atoms with Crippen molar-refractivity contribution in [2.24, 2.45) is 0 Å². The Labute approximate surface area is 156 Å². The third-order valence-corrected chi connectivity index (χ3v) is 4.85. The number of carbonyl (C=O) groups excluding carboxylic acids is 2. The van der Waals surface area contributed by atoms with Gasteiger partial charge in [-0.1, -0.05) is 29.3 Å². The Morgan fingerprint density at radius 1 is 1.16 bits per heavy atom. The van der Waals surface area contributed by atoms with Gasteiger partial charge in [0.15, 0.2) is 0 Å². The highest BCUT2D eigenvalue weighted by molar-refractivity contribution is 6.35. The van der Waals surface area contributed by atoms with Gasteiger partial charge in [-0.05, 0) is 55.3 Å². The van der Waals surface area contributed by atoms with Crippen molar-refractivity contribution in [1.82, 2.24) is 5.32 Å². The summed E-state index contributed by atoms with van der Waals surface area (Å²) in [6, 6.07) is 12.0. The minimum atomic E-state index is -0.253. The Morgan fingerprint density at radius 3 is 2.48 bits per heavy atom. The third-order valence-electron chi connectivity index (χ3n) is 4.29. The summed E-state index contributed by atoms with van der Waals surface area (Å²) >= 11 is 12.1. The lowest BCUT2D eigenvalue weighted by atomic mass is 10.1. The minimum absolute atomic E-state index is 0.128. The van der Waals surface area contributed by atoms with Crippen molar-refractivity contribution in [3.05, 3.63) is 63.6 Å². The van der Waals surface area contributed by atoms with Crippen LogP contribution in [0.1, 0.15) is 41.7 Å². The zero-order chi connectivity index (χ0) is 18.0. The summed E-state index contributed by atoms with van der Waals surface area (Å²) in [5, 5.41) is 4.00. The standard InChI is InChI=1S/C19H18Cl2N2O2/c1-12(16-9-6-14(20)11-17(16)21)22-19(25)13-4-7-15(8-5-13)23-10-2-3-18(23)24/h4-9,11-12H,2-3,10H2,1H3,(H,22,25)/t12-/m0/s1. The number of anilines is 1. The smallest absolute Gasteiger partial charge is 0.251 e. The van der Waals surface area contributed by atoms with E-state index in [1.807, 2.05) is 6.92 Å². The fourth-order valence-corrected chi connectivity index (χ4v) is 3.50. The summed E-state index contributed by atoms with van der Waals surface area (Å²) in [4.78, 5) is 26.0. The van der Waals surface area contributed by atoms with Gasteiger partial charge in [0.2, 0.25) is 5.91 Å². The Bertz CT molecular complexity index is 806. The Morgan fingerprint density at radius 2 is 1.88 bits per heavy atom. The lowest BCUT2D eigenvalue weighted by molar-refractivity contribution is -0.117. The van der Waals surface area contributed by atoms with Crippen LogP contribution in [0.5, 0.6) is 0 Å². The number of nitrogens with one attached hydrogen (secondary N) is 1. The number of hydrogen-bond acceptors (Lipinski definition) is 2.